The molecule has 3 unspecified atom stereocenters. The van der Waals surface area contributed by atoms with Crippen LogP contribution in [-0.2, 0) is 45.7 Å². The van der Waals surface area contributed by atoms with E-state index in [4.69, 9.17) is 16.6 Å². The second-order valence-corrected chi connectivity index (χ2v) is 4.17. The van der Waals surface area contributed by atoms with Crippen molar-refractivity contribution in [2.75, 3.05) is 6.61 Å². The molecule has 13 heteroatoms. The van der Waals surface area contributed by atoms with Crippen LogP contribution in [0.15, 0.2) is 20.4 Å². The summed E-state index contributed by atoms with van der Waals surface area (Å²) in [6.45, 7) is -0.771. The Morgan fingerprint density at radius 2 is 1.57 bits per heavy atom. The van der Waals surface area contributed by atoms with E-state index in [1.165, 1.54) is 0 Å². The number of rotatable bonds is 7. The van der Waals surface area contributed by atoms with E-state index in [0.29, 0.717) is 0 Å². The minimum Gasteiger partial charge on any atom is -0.741 e. The summed E-state index contributed by atoms with van der Waals surface area (Å²) in [5, 5.41) is 50.0. The first-order valence-electron chi connectivity index (χ1n) is 5.06. The fourth-order valence-corrected chi connectivity index (χ4v) is 0.995. The zero-order chi connectivity index (χ0) is 15.7. The van der Waals surface area contributed by atoms with Crippen molar-refractivity contribution in [3.8, 4) is 0 Å². The first-order chi connectivity index (χ1) is 9.29. The third kappa shape index (κ3) is 9.72. The maximum Gasteiger partial charge on any atom is 2.00 e. The maximum atomic E-state index is 9.76. The normalized spacial score (nSPS) is 18.2. The molecule has 0 aliphatic rings. The van der Waals surface area contributed by atoms with Crippen molar-refractivity contribution >= 4 is 47.5 Å². The maximum absolute atomic E-state index is 9.76. The molecule has 21 heavy (non-hydrogen) atoms. The van der Waals surface area contributed by atoms with Crippen molar-refractivity contribution in [3.05, 3.63) is 0 Å². The van der Waals surface area contributed by atoms with Gasteiger partial charge >= 0.3 is 20.4 Å². The van der Waals surface area contributed by atoms with Crippen molar-refractivity contribution in [1.82, 2.24) is 0 Å². The molecule has 0 aromatic rings. The van der Waals surface area contributed by atoms with Crippen molar-refractivity contribution in [2.45, 2.75) is 18.3 Å². The molecule has 0 saturated heterocycles. The van der Waals surface area contributed by atoms with Crippen molar-refractivity contribution < 1.29 is 40.8 Å². The minimum atomic E-state index is -1.74. The van der Waals surface area contributed by atoms with Gasteiger partial charge in [0.25, 0.3) is 0 Å². The molecule has 0 spiro atoms. The van der Waals surface area contributed by atoms with Gasteiger partial charge in [-0.15, -0.1) is 0 Å². The molecule has 0 bridgehead atoms. The summed E-state index contributed by atoms with van der Waals surface area (Å²) in [6, 6.07) is 0. The van der Waals surface area contributed by atoms with Crippen LogP contribution >= 0.6 is 0 Å². The van der Waals surface area contributed by atoms with Gasteiger partial charge in [-0.05, 0) is 10.3 Å². The predicted molar refractivity (Wildman–Crippen MR) is 79.0 cm³/mol. The first kappa shape index (κ1) is 22.5. The predicted octanol–water partition coefficient (Wildman–Crippen LogP) is -3.88. The Morgan fingerprint density at radius 3 is 2.00 bits per heavy atom. The molecule has 0 aliphatic carbocycles. The van der Waals surface area contributed by atoms with Gasteiger partial charge in [0, 0.05) is 0 Å². The molecule has 0 aromatic heterocycles. The summed E-state index contributed by atoms with van der Waals surface area (Å²) >= 11 is 8.90. The van der Waals surface area contributed by atoms with Gasteiger partial charge in [-0.25, -0.2) is 0 Å². The Hall–Kier alpha value is -0.778. The number of aliphatic hydroxyl groups excluding tert-OH is 4. The molecular weight excluding hydrogens is 415 g/mol. The second kappa shape index (κ2) is 11.8. The van der Waals surface area contributed by atoms with Crippen LogP contribution in [0.25, 0.3) is 0 Å². The van der Waals surface area contributed by atoms with Crippen molar-refractivity contribution in [2.24, 2.45) is 31.9 Å². The standard InChI is InChI=1S/C8H16N6O4S2.Pd/c9-7(19)13-11-1-3(12-14-8(10)20)5(17)6(18)4(16)2-15;/h1,4-6,15-18H,2H2,(H3,9,13,19)(H3,10,14,20);/q;+2/p-2/b11-1-,12-3+;. The fourth-order valence-electron chi connectivity index (χ4n) is 0.907. The van der Waals surface area contributed by atoms with E-state index >= 15 is 0 Å². The molecule has 8 N–H and O–H groups in total. The van der Waals surface area contributed by atoms with Crippen LogP contribution < -0.4 is 11.5 Å². The molecule has 0 aliphatic heterocycles. The average Bonchev–Trinajstić information content (AvgIpc) is 2.39. The SMILES string of the molecule is N\C([S-])=N/N=C\C(=N/N=C(\N)[S-])C(O)C(O)C(O)CO.[Pd+2]. The van der Waals surface area contributed by atoms with E-state index < -0.39 is 24.9 Å². The summed E-state index contributed by atoms with van der Waals surface area (Å²) in [5.74, 6) is 0. The number of hydrogen-bond acceptors (Lipinski definition) is 10. The molecule has 0 saturated carbocycles. The van der Waals surface area contributed by atoms with Crippen molar-refractivity contribution in [3.63, 3.8) is 0 Å². The zero-order valence-corrected chi connectivity index (χ0v) is 13.6. The Morgan fingerprint density at radius 1 is 1.05 bits per heavy atom. The third-order valence-corrected chi connectivity index (χ3v) is 1.98. The molecule has 0 rings (SSSR count). The zero-order valence-electron chi connectivity index (χ0n) is 10.4. The Bertz CT molecular complexity index is 425. The quantitative estimate of drug-likeness (QED) is 0.0782. The van der Waals surface area contributed by atoms with E-state index in [0.717, 1.165) is 6.21 Å². The van der Waals surface area contributed by atoms with Crippen LogP contribution in [0.5, 0.6) is 0 Å². The fraction of sp³-hybridized carbons (Fsp3) is 0.500. The van der Waals surface area contributed by atoms with Gasteiger partial charge in [-0.1, -0.05) is 0 Å². The molecule has 0 aromatic carbocycles. The Balaban J connectivity index is 0. The monoisotopic (exact) mass is 428 g/mol. The van der Waals surface area contributed by atoms with Gasteiger partial charge in [-0.3, -0.25) is 0 Å². The van der Waals surface area contributed by atoms with Gasteiger partial charge in [0.2, 0.25) is 0 Å². The van der Waals surface area contributed by atoms with Crippen LogP contribution in [0.1, 0.15) is 0 Å². The second-order valence-electron chi connectivity index (χ2n) is 3.33. The molecule has 0 amide bonds. The number of aliphatic hydroxyl groups is 4. The molecule has 0 radical (unpaired) electrons. The number of nitrogens with zero attached hydrogens (tertiary/aromatic N) is 4. The van der Waals surface area contributed by atoms with E-state index in [2.05, 4.69) is 45.7 Å². The largest absolute Gasteiger partial charge is 2.00 e. The van der Waals surface area contributed by atoms with Gasteiger partial charge < -0.3 is 57.2 Å². The van der Waals surface area contributed by atoms with Crippen LogP contribution in [0.3, 0.4) is 0 Å². The van der Waals surface area contributed by atoms with Crippen LogP contribution in [0, 0.1) is 0 Å². The Labute approximate surface area is 145 Å². The summed E-state index contributed by atoms with van der Waals surface area (Å²) in [7, 11) is 0. The average molecular weight is 429 g/mol. The molecule has 0 heterocycles. The summed E-state index contributed by atoms with van der Waals surface area (Å²) in [5.41, 5.74) is 9.84. The molecule has 3 atom stereocenters. The van der Waals surface area contributed by atoms with Crippen LogP contribution in [-0.4, -0.2) is 67.6 Å². The molecule has 10 nitrogen and oxygen atoms in total. The van der Waals surface area contributed by atoms with E-state index in [1.807, 2.05) is 0 Å². The minimum absolute atomic E-state index is 0. The topological polar surface area (TPSA) is 182 Å². The number of nitrogens with two attached hydrogens (primary N) is 2. The van der Waals surface area contributed by atoms with E-state index in [1.54, 1.807) is 0 Å². The molecule has 0 fully saturated rings. The number of amidine groups is 2. The summed E-state index contributed by atoms with van der Waals surface area (Å²) < 4.78 is 0. The van der Waals surface area contributed by atoms with Gasteiger partial charge in [0.05, 0.1) is 12.8 Å². The summed E-state index contributed by atoms with van der Waals surface area (Å²) in [6.07, 6.45) is -4.17. The van der Waals surface area contributed by atoms with Gasteiger partial charge in [0.1, 0.15) is 24.0 Å². The van der Waals surface area contributed by atoms with Gasteiger partial charge in [-0.2, -0.15) is 20.4 Å². The van der Waals surface area contributed by atoms with Crippen molar-refractivity contribution in [1.29, 1.82) is 0 Å². The smallest absolute Gasteiger partial charge is 0.741 e. The first-order valence-corrected chi connectivity index (χ1v) is 5.87. The van der Waals surface area contributed by atoms with Crippen LogP contribution in [0.2, 0.25) is 0 Å². The molecule has 122 valence electrons. The van der Waals surface area contributed by atoms with Gasteiger partial charge in [0.15, 0.2) is 0 Å². The summed E-state index contributed by atoms with van der Waals surface area (Å²) in [4.78, 5) is 0. The third-order valence-electron chi connectivity index (χ3n) is 1.82. The van der Waals surface area contributed by atoms with E-state index in [9.17, 15) is 15.3 Å². The molecular formula is C8H14N6O4PdS2. The van der Waals surface area contributed by atoms with Crippen LogP contribution in [0.4, 0.5) is 0 Å². The Kier molecular flexibility index (Phi) is 12.7. The number of hydrogen-bond donors (Lipinski definition) is 6. The van der Waals surface area contributed by atoms with E-state index in [-0.39, 0.29) is 36.5 Å².